The summed E-state index contributed by atoms with van der Waals surface area (Å²) in [6, 6.07) is 0.0481. The lowest BCUT2D eigenvalue weighted by atomic mass is 10.3. The molecular weight excluding hydrogens is 304 g/mol. The van der Waals surface area contributed by atoms with Crippen LogP contribution in [0.3, 0.4) is 0 Å². The van der Waals surface area contributed by atoms with Crippen molar-refractivity contribution in [3.05, 3.63) is 23.0 Å². The fourth-order valence-electron chi connectivity index (χ4n) is 2.28. The molecule has 1 aliphatic carbocycles. The van der Waals surface area contributed by atoms with Crippen molar-refractivity contribution in [1.29, 1.82) is 0 Å². The van der Waals surface area contributed by atoms with E-state index in [2.05, 4.69) is 10.1 Å². The fraction of sp³-hybridized carbons (Fsp3) is 0.429. The van der Waals surface area contributed by atoms with Gasteiger partial charge in [0.15, 0.2) is 0 Å². The van der Waals surface area contributed by atoms with Crippen LogP contribution >= 0.6 is 11.3 Å². The van der Waals surface area contributed by atoms with E-state index in [4.69, 9.17) is 5.11 Å². The van der Waals surface area contributed by atoms with Crippen molar-refractivity contribution in [2.24, 2.45) is 7.05 Å². The first-order valence-corrected chi connectivity index (χ1v) is 7.76. The van der Waals surface area contributed by atoms with Crippen LogP contribution in [0.1, 0.15) is 28.2 Å². The number of carbonyl (C=O) groups excluding carboxylic acids is 1. The van der Waals surface area contributed by atoms with Crippen LogP contribution in [0.2, 0.25) is 0 Å². The van der Waals surface area contributed by atoms with E-state index in [1.165, 1.54) is 16.2 Å². The van der Waals surface area contributed by atoms with Crippen molar-refractivity contribution in [3.63, 3.8) is 0 Å². The Morgan fingerprint density at radius 2 is 2.23 bits per heavy atom. The van der Waals surface area contributed by atoms with Gasteiger partial charge in [-0.15, -0.1) is 11.3 Å². The average Bonchev–Trinajstić information content (AvgIpc) is 3.09. The number of carboxylic acid groups (broad SMARTS) is 1. The molecule has 0 aliphatic heterocycles. The molecule has 2 heterocycles. The van der Waals surface area contributed by atoms with Gasteiger partial charge in [-0.25, -0.2) is 4.98 Å². The maximum Gasteiger partial charge on any atom is 0.323 e. The van der Waals surface area contributed by atoms with Gasteiger partial charge in [0.05, 0.1) is 11.9 Å². The molecule has 1 amide bonds. The predicted octanol–water partition coefficient (Wildman–Crippen LogP) is 1.54. The van der Waals surface area contributed by atoms with E-state index in [-0.39, 0.29) is 18.5 Å². The Morgan fingerprint density at radius 1 is 1.50 bits per heavy atom. The van der Waals surface area contributed by atoms with E-state index in [9.17, 15) is 9.59 Å². The summed E-state index contributed by atoms with van der Waals surface area (Å²) in [4.78, 5) is 30.0. The van der Waals surface area contributed by atoms with Crippen LogP contribution in [0.15, 0.2) is 12.4 Å². The predicted molar refractivity (Wildman–Crippen MR) is 80.7 cm³/mol. The maximum atomic E-state index is 12.6. The molecule has 116 valence electrons. The van der Waals surface area contributed by atoms with E-state index in [1.807, 2.05) is 13.2 Å². The van der Waals surface area contributed by atoms with Crippen LogP contribution in [0.5, 0.6) is 0 Å². The maximum absolute atomic E-state index is 12.6. The van der Waals surface area contributed by atoms with E-state index in [0.29, 0.717) is 10.6 Å². The summed E-state index contributed by atoms with van der Waals surface area (Å²) in [6.45, 7) is 1.51. The lowest BCUT2D eigenvalue weighted by Gasteiger charge is -2.19. The molecule has 0 spiro atoms. The molecule has 0 saturated heterocycles. The number of nitrogens with zero attached hydrogens (tertiary/aromatic N) is 4. The number of aromatic nitrogens is 3. The molecule has 1 fully saturated rings. The zero-order valence-corrected chi connectivity index (χ0v) is 13.1. The number of hydrogen-bond acceptors (Lipinski definition) is 5. The van der Waals surface area contributed by atoms with Gasteiger partial charge in [-0.3, -0.25) is 14.3 Å². The quantitative estimate of drug-likeness (QED) is 0.903. The van der Waals surface area contributed by atoms with Crippen LogP contribution in [0.25, 0.3) is 10.6 Å². The molecule has 0 radical (unpaired) electrons. The first kappa shape index (κ1) is 14.7. The molecule has 0 bridgehead atoms. The minimum Gasteiger partial charge on any atom is -0.480 e. The molecule has 1 saturated carbocycles. The van der Waals surface area contributed by atoms with E-state index in [1.54, 1.807) is 17.8 Å². The normalized spacial score (nSPS) is 14.1. The second-order valence-electron chi connectivity index (χ2n) is 5.39. The second kappa shape index (κ2) is 5.53. The van der Waals surface area contributed by atoms with Crippen molar-refractivity contribution < 1.29 is 14.7 Å². The van der Waals surface area contributed by atoms with Gasteiger partial charge in [0, 0.05) is 24.8 Å². The summed E-state index contributed by atoms with van der Waals surface area (Å²) in [6.07, 6.45) is 5.27. The number of hydrogen-bond donors (Lipinski definition) is 1. The lowest BCUT2D eigenvalue weighted by molar-refractivity contribution is -0.137. The molecule has 3 rings (SSSR count). The molecule has 0 unspecified atom stereocenters. The van der Waals surface area contributed by atoms with Crippen molar-refractivity contribution >= 4 is 23.2 Å². The van der Waals surface area contributed by atoms with Gasteiger partial charge in [-0.1, -0.05) is 0 Å². The third-order valence-corrected chi connectivity index (χ3v) is 4.69. The third kappa shape index (κ3) is 2.87. The standard InChI is InChI=1S/C14H16N4O3S/c1-8-12(14(21)18(7-11(19)20)10-3-4-10)22-13(16-8)9-5-15-17(2)6-9/h5-6,10H,3-4,7H2,1-2H3,(H,19,20). The molecule has 2 aromatic heterocycles. The molecule has 2 aromatic rings. The van der Waals surface area contributed by atoms with Crippen LogP contribution < -0.4 is 0 Å². The van der Waals surface area contributed by atoms with Crippen molar-refractivity contribution in [3.8, 4) is 10.6 Å². The van der Waals surface area contributed by atoms with Crippen LogP contribution in [0, 0.1) is 6.92 Å². The highest BCUT2D eigenvalue weighted by atomic mass is 32.1. The zero-order chi connectivity index (χ0) is 15.9. The molecular formula is C14H16N4O3S. The van der Waals surface area contributed by atoms with Gasteiger partial charge in [-0.2, -0.15) is 5.10 Å². The molecule has 22 heavy (non-hydrogen) atoms. The number of aliphatic carboxylic acids is 1. The summed E-state index contributed by atoms with van der Waals surface area (Å²) in [7, 11) is 1.82. The SMILES string of the molecule is Cc1nc(-c2cnn(C)c2)sc1C(=O)N(CC(=O)O)C1CC1. The minimum absolute atomic E-state index is 0.0481. The molecule has 0 aromatic carbocycles. The van der Waals surface area contributed by atoms with Gasteiger partial charge in [0.25, 0.3) is 5.91 Å². The first-order valence-electron chi connectivity index (χ1n) is 6.95. The molecule has 1 N–H and O–H groups in total. The van der Waals surface area contributed by atoms with E-state index >= 15 is 0 Å². The number of rotatable bonds is 5. The summed E-state index contributed by atoms with van der Waals surface area (Å²) < 4.78 is 1.68. The van der Waals surface area contributed by atoms with Crippen molar-refractivity contribution in [2.45, 2.75) is 25.8 Å². The largest absolute Gasteiger partial charge is 0.480 e. The monoisotopic (exact) mass is 320 g/mol. The number of thiazole rings is 1. The Hall–Kier alpha value is -2.22. The summed E-state index contributed by atoms with van der Waals surface area (Å²) >= 11 is 1.29. The van der Waals surface area contributed by atoms with Gasteiger partial charge < -0.3 is 10.0 Å². The molecule has 1 aliphatic rings. The Labute approximate surface area is 131 Å². The summed E-state index contributed by atoms with van der Waals surface area (Å²) in [5, 5.41) is 13.8. The van der Waals surface area contributed by atoms with Crippen LogP contribution in [0.4, 0.5) is 0 Å². The highest BCUT2D eigenvalue weighted by molar-refractivity contribution is 7.17. The van der Waals surface area contributed by atoms with Crippen molar-refractivity contribution in [2.75, 3.05) is 6.54 Å². The van der Waals surface area contributed by atoms with Crippen molar-refractivity contribution in [1.82, 2.24) is 19.7 Å². The van der Waals surface area contributed by atoms with E-state index < -0.39 is 5.97 Å². The Balaban J connectivity index is 1.88. The fourth-order valence-corrected chi connectivity index (χ4v) is 3.28. The number of aryl methyl sites for hydroxylation is 2. The Bertz CT molecular complexity index is 732. The minimum atomic E-state index is -0.991. The molecule has 8 heteroatoms. The molecule has 0 atom stereocenters. The van der Waals surface area contributed by atoms with Gasteiger partial charge >= 0.3 is 5.97 Å². The van der Waals surface area contributed by atoms with E-state index in [0.717, 1.165) is 23.4 Å². The average molecular weight is 320 g/mol. The van der Waals surface area contributed by atoms with Gasteiger partial charge in [-0.05, 0) is 19.8 Å². The highest BCUT2D eigenvalue weighted by Gasteiger charge is 2.35. The molecule has 7 nitrogen and oxygen atoms in total. The smallest absolute Gasteiger partial charge is 0.323 e. The van der Waals surface area contributed by atoms with Gasteiger partial charge in [0.2, 0.25) is 0 Å². The second-order valence-corrected chi connectivity index (χ2v) is 6.39. The number of carbonyl (C=O) groups is 2. The number of carboxylic acids is 1. The first-order chi connectivity index (χ1) is 10.5. The van der Waals surface area contributed by atoms with Crippen LogP contribution in [-0.2, 0) is 11.8 Å². The third-order valence-electron chi connectivity index (χ3n) is 3.50. The Kier molecular flexibility index (Phi) is 3.69. The summed E-state index contributed by atoms with van der Waals surface area (Å²) in [5.41, 5.74) is 1.48. The number of amides is 1. The van der Waals surface area contributed by atoms with Crippen LogP contribution in [-0.4, -0.2) is 49.2 Å². The lowest BCUT2D eigenvalue weighted by Crippen LogP contribution is -2.37. The highest BCUT2D eigenvalue weighted by Crippen LogP contribution is 2.32. The summed E-state index contributed by atoms with van der Waals surface area (Å²) in [5.74, 6) is -1.23. The van der Waals surface area contributed by atoms with Gasteiger partial charge in [0.1, 0.15) is 16.4 Å². The Morgan fingerprint density at radius 3 is 2.77 bits per heavy atom. The zero-order valence-electron chi connectivity index (χ0n) is 12.3. The topological polar surface area (TPSA) is 88.3 Å².